The molecule has 2 aromatic heterocycles. The molecule has 1 aromatic carbocycles. The van der Waals surface area contributed by atoms with Crippen LogP contribution in [-0.4, -0.2) is 16.1 Å². The van der Waals surface area contributed by atoms with Crippen molar-refractivity contribution in [3.05, 3.63) is 64.1 Å². The third kappa shape index (κ3) is 3.32. The van der Waals surface area contributed by atoms with E-state index in [1.54, 1.807) is 29.5 Å². The quantitative estimate of drug-likeness (QED) is 0.770. The fourth-order valence-electron chi connectivity index (χ4n) is 1.87. The van der Waals surface area contributed by atoms with Crippen LogP contribution < -0.4 is 5.32 Å². The van der Waals surface area contributed by atoms with E-state index >= 15 is 0 Å². The minimum absolute atomic E-state index is 0.205. The predicted octanol–water partition coefficient (Wildman–Crippen LogP) is 3.72. The van der Waals surface area contributed by atoms with Crippen molar-refractivity contribution in [3.63, 3.8) is 0 Å². The number of H-pyrrole nitrogens is 1. The minimum atomic E-state index is -0.205. The zero-order valence-electron chi connectivity index (χ0n) is 11.0. The molecule has 0 bridgehead atoms. The van der Waals surface area contributed by atoms with E-state index in [4.69, 9.17) is 11.6 Å². The van der Waals surface area contributed by atoms with E-state index < -0.39 is 0 Å². The number of nitrogens with one attached hydrogen (secondary N) is 2. The maximum atomic E-state index is 12.1. The Balaban J connectivity index is 1.64. The molecule has 0 saturated carbocycles. The van der Waals surface area contributed by atoms with Gasteiger partial charge in [-0.05, 0) is 35.2 Å². The van der Waals surface area contributed by atoms with Crippen LogP contribution in [0.15, 0.2) is 47.8 Å². The van der Waals surface area contributed by atoms with Gasteiger partial charge in [0, 0.05) is 11.6 Å². The molecule has 0 saturated heterocycles. The molecular weight excluding hydrogens is 306 g/mol. The zero-order valence-corrected chi connectivity index (χ0v) is 12.5. The second-order valence-electron chi connectivity index (χ2n) is 4.45. The molecule has 0 aliphatic rings. The molecule has 0 atom stereocenters. The summed E-state index contributed by atoms with van der Waals surface area (Å²) in [5.41, 5.74) is 2.22. The van der Waals surface area contributed by atoms with Crippen LogP contribution in [0, 0.1) is 0 Å². The molecule has 106 valence electrons. The van der Waals surface area contributed by atoms with E-state index in [0.717, 1.165) is 16.1 Å². The summed E-state index contributed by atoms with van der Waals surface area (Å²) in [5, 5.41) is 12.4. The summed E-state index contributed by atoms with van der Waals surface area (Å²) < 4.78 is 0. The molecule has 0 radical (unpaired) electrons. The van der Waals surface area contributed by atoms with Gasteiger partial charge in [0.2, 0.25) is 0 Å². The SMILES string of the molecule is O=C(NCc1ccc(Cl)cc1)c1cc(-c2cccs2)[nH]n1. The van der Waals surface area contributed by atoms with E-state index in [-0.39, 0.29) is 5.91 Å². The van der Waals surface area contributed by atoms with Gasteiger partial charge in [-0.1, -0.05) is 29.8 Å². The maximum absolute atomic E-state index is 12.1. The molecule has 2 N–H and O–H groups in total. The molecule has 1 amide bonds. The first kappa shape index (κ1) is 13.9. The number of rotatable bonds is 4. The van der Waals surface area contributed by atoms with Crippen LogP contribution in [0.4, 0.5) is 0 Å². The second-order valence-corrected chi connectivity index (χ2v) is 5.84. The molecule has 0 fully saturated rings. The molecule has 3 aromatic rings. The summed E-state index contributed by atoms with van der Waals surface area (Å²) in [5.74, 6) is -0.205. The van der Waals surface area contributed by atoms with Crippen LogP contribution in [0.2, 0.25) is 5.02 Å². The number of hydrogen-bond donors (Lipinski definition) is 2. The lowest BCUT2D eigenvalue weighted by atomic mass is 10.2. The average Bonchev–Trinajstić information content (AvgIpc) is 3.17. The van der Waals surface area contributed by atoms with Crippen molar-refractivity contribution in [2.24, 2.45) is 0 Å². The van der Waals surface area contributed by atoms with Crippen molar-refractivity contribution in [2.45, 2.75) is 6.54 Å². The number of halogens is 1. The fourth-order valence-corrected chi connectivity index (χ4v) is 2.69. The Labute approximate surface area is 130 Å². The lowest BCUT2D eigenvalue weighted by Gasteiger charge is -2.03. The Kier molecular flexibility index (Phi) is 4.03. The lowest BCUT2D eigenvalue weighted by Crippen LogP contribution is -2.23. The first-order chi connectivity index (χ1) is 10.2. The smallest absolute Gasteiger partial charge is 0.272 e. The number of thiophene rings is 1. The predicted molar refractivity (Wildman–Crippen MR) is 84.5 cm³/mol. The van der Waals surface area contributed by atoms with Crippen LogP contribution in [0.25, 0.3) is 10.6 Å². The normalized spacial score (nSPS) is 10.5. The summed E-state index contributed by atoms with van der Waals surface area (Å²) in [4.78, 5) is 13.1. The Hall–Kier alpha value is -2.11. The van der Waals surface area contributed by atoms with E-state index in [1.807, 2.05) is 29.6 Å². The van der Waals surface area contributed by atoms with Gasteiger partial charge >= 0.3 is 0 Å². The van der Waals surface area contributed by atoms with Gasteiger partial charge < -0.3 is 5.32 Å². The third-order valence-corrected chi connectivity index (χ3v) is 4.12. The van der Waals surface area contributed by atoms with Gasteiger partial charge in [0.05, 0.1) is 10.6 Å². The number of aromatic nitrogens is 2. The average molecular weight is 318 g/mol. The number of aromatic amines is 1. The second kappa shape index (κ2) is 6.11. The Morgan fingerprint density at radius 2 is 2.10 bits per heavy atom. The van der Waals surface area contributed by atoms with Crippen molar-refractivity contribution >= 4 is 28.8 Å². The Bertz CT molecular complexity index is 735. The number of hydrogen-bond acceptors (Lipinski definition) is 3. The molecule has 0 spiro atoms. The van der Waals surface area contributed by atoms with E-state index in [1.165, 1.54) is 0 Å². The maximum Gasteiger partial charge on any atom is 0.272 e. The first-order valence-electron chi connectivity index (χ1n) is 6.34. The lowest BCUT2D eigenvalue weighted by molar-refractivity contribution is 0.0946. The van der Waals surface area contributed by atoms with Crippen LogP contribution in [0.3, 0.4) is 0 Å². The highest BCUT2D eigenvalue weighted by Crippen LogP contribution is 2.22. The van der Waals surface area contributed by atoms with Gasteiger partial charge in [-0.15, -0.1) is 11.3 Å². The highest BCUT2D eigenvalue weighted by Gasteiger charge is 2.11. The molecule has 21 heavy (non-hydrogen) atoms. The van der Waals surface area contributed by atoms with Gasteiger partial charge in [-0.3, -0.25) is 9.89 Å². The number of carbonyl (C=O) groups excluding carboxylic acids is 1. The number of benzene rings is 1. The first-order valence-corrected chi connectivity index (χ1v) is 7.60. The molecule has 3 rings (SSSR count). The number of carbonyl (C=O) groups is 1. The molecule has 2 heterocycles. The van der Waals surface area contributed by atoms with Crippen LogP contribution in [0.5, 0.6) is 0 Å². The van der Waals surface area contributed by atoms with Crippen molar-refractivity contribution in [1.29, 1.82) is 0 Å². The monoisotopic (exact) mass is 317 g/mol. The van der Waals surface area contributed by atoms with Crippen LogP contribution >= 0.6 is 22.9 Å². The number of nitrogens with zero attached hydrogens (tertiary/aromatic N) is 1. The Morgan fingerprint density at radius 3 is 2.81 bits per heavy atom. The van der Waals surface area contributed by atoms with Crippen LogP contribution in [0.1, 0.15) is 16.1 Å². The molecule has 0 aliphatic carbocycles. The fraction of sp³-hybridized carbons (Fsp3) is 0.0667. The highest BCUT2D eigenvalue weighted by molar-refractivity contribution is 7.13. The van der Waals surface area contributed by atoms with Crippen molar-refractivity contribution in [1.82, 2.24) is 15.5 Å². The third-order valence-electron chi connectivity index (χ3n) is 2.96. The van der Waals surface area contributed by atoms with Gasteiger partial charge in [-0.25, -0.2) is 0 Å². The summed E-state index contributed by atoms with van der Waals surface area (Å²) in [6.07, 6.45) is 0. The van der Waals surface area contributed by atoms with Gasteiger partial charge in [0.25, 0.3) is 5.91 Å². The van der Waals surface area contributed by atoms with Crippen molar-refractivity contribution < 1.29 is 4.79 Å². The summed E-state index contributed by atoms with van der Waals surface area (Å²) in [6.45, 7) is 0.442. The molecule has 0 unspecified atom stereocenters. The molecule has 4 nitrogen and oxygen atoms in total. The Morgan fingerprint density at radius 1 is 1.29 bits per heavy atom. The standard InChI is InChI=1S/C15H12ClN3OS/c16-11-5-3-10(4-6-11)9-17-15(20)13-8-12(18-19-13)14-2-1-7-21-14/h1-8H,9H2,(H,17,20)(H,18,19). The van der Waals surface area contributed by atoms with Gasteiger partial charge in [-0.2, -0.15) is 5.10 Å². The summed E-state index contributed by atoms with van der Waals surface area (Å²) >= 11 is 7.42. The van der Waals surface area contributed by atoms with Crippen molar-refractivity contribution in [3.8, 4) is 10.6 Å². The summed E-state index contributed by atoms with van der Waals surface area (Å²) in [7, 11) is 0. The zero-order chi connectivity index (χ0) is 14.7. The van der Waals surface area contributed by atoms with Crippen LogP contribution in [-0.2, 0) is 6.54 Å². The summed E-state index contributed by atoms with van der Waals surface area (Å²) in [6, 6.07) is 13.0. The van der Waals surface area contributed by atoms with Crippen molar-refractivity contribution in [2.75, 3.05) is 0 Å². The topological polar surface area (TPSA) is 57.8 Å². The largest absolute Gasteiger partial charge is 0.347 e. The number of amides is 1. The highest BCUT2D eigenvalue weighted by atomic mass is 35.5. The molecule has 6 heteroatoms. The van der Waals surface area contributed by atoms with E-state index in [9.17, 15) is 4.79 Å². The molecule has 0 aliphatic heterocycles. The van der Waals surface area contributed by atoms with E-state index in [2.05, 4.69) is 15.5 Å². The van der Waals surface area contributed by atoms with E-state index in [0.29, 0.717) is 17.3 Å². The van der Waals surface area contributed by atoms with Gasteiger partial charge in [0.15, 0.2) is 5.69 Å². The minimum Gasteiger partial charge on any atom is -0.347 e. The molecular formula is C15H12ClN3OS. The van der Waals surface area contributed by atoms with Gasteiger partial charge in [0.1, 0.15) is 0 Å².